The van der Waals surface area contributed by atoms with Gasteiger partial charge in [-0.2, -0.15) is 0 Å². The van der Waals surface area contributed by atoms with Gasteiger partial charge in [-0.05, 0) is 67.7 Å². The molecule has 4 aromatic rings. The largest absolute Gasteiger partial charge is 0.325 e. The predicted octanol–water partition coefficient (Wildman–Crippen LogP) is 4.36. The maximum absolute atomic E-state index is 13.1. The summed E-state index contributed by atoms with van der Waals surface area (Å²) >= 11 is 5.63. The van der Waals surface area contributed by atoms with Crippen LogP contribution in [0.25, 0.3) is 16.6 Å². The first kappa shape index (κ1) is 20.4. The number of benzene rings is 3. The van der Waals surface area contributed by atoms with Gasteiger partial charge in [0.25, 0.3) is 5.56 Å². The van der Waals surface area contributed by atoms with Gasteiger partial charge in [-0.3, -0.25) is 19.0 Å². The molecule has 3 aromatic carbocycles. The number of para-hydroxylation sites is 2. The molecule has 31 heavy (non-hydrogen) atoms. The van der Waals surface area contributed by atoms with Gasteiger partial charge in [0.05, 0.1) is 16.6 Å². The van der Waals surface area contributed by atoms with Crippen LogP contribution in [-0.2, 0) is 11.3 Å². The van der Waals surface area contributed by atoms with Crippen LogP contribution in [0.2, 0.25) is 0 Å². The molecule has 1 heterocycles. The molecule has 0 radical (unpaired) electrons. The van der Waals surface area contributed by atoms with Gasteiger partial charge in [0.15, 0.2) is 10.6 Å². The lowest BCUT2D eigenvalue weighted by Gasteiger charge is -2.16. The van der Waals surface area contributed by atoms with E-state index in [0.29, 0.717) is 27.8 Å². The molecular weight excluding hydrogens is 410 g/mol. The number of aromatic nitrogens is 2. The molecule has 0 unspecified atom stereocenters. The van der Waals surface area contributed by atoms with Crippen molar-refractivity contribution < 1.29 is 9.59 Å². The van der Waals surface area contributed by atoms with E-state index >= 15 is 0 Å². The third kappa shape index (κ3) is 4.08. The molecule has 0 aliphatic carbocycles. The first-order chi connectivity index (χ1) is 15.0. The number of nitrogens with one attached hydrogen (secondary N) is 1. The van der Waals surface area contributed by atoms with E-state index in [0.717, 1.165) is 0 Å². The average molecular weight is 430 g/mol. The Morgan fingerprint density at radius 1 is 0.903 bits per heavy atom. The van der Waals surface area contributed by atoms with Gasteiger partial charge < -0.3 is 9.88 Å². The normalized spacial score (nSPS) is 10.7. The lowest BCUT2D eigenvalue weighted by Crippen LogP contribution is -2.27. The number of Topliss-reactive ketones (excluding diaryl/α,β-unsaturated/α-hetero) is 1. The highest BCUT2D eigenvalue weighted by molar-refractivity contribution is 7.71. The van der Waals surface area contributed by atoms with Crippen molar-refractivity contribution >= 4 is 40.5 Å². The van der Waals surface area contributed by atoms with Gasteiger partial charge in [0, 0.05) is 11.3 Å². The molecule has 0 bridgehead atoms. The van der Waals surface area contributed by atoms with E-state index in [9.17, 15) is 14.4 Å². The zero-order valence-corrected chi connectivity index (χ0v) is 17.6. The minimum Gasteiger partial charge on any atom is -0.325 e. The van der Waals surface area contributed by atoms with E-state index in [1.54, 1.807) is 65.2 Å². The Labute approximate surface area is 183 Å². The Bertz CT molecular complexity index is 1400. The van der Waals surface area contributed by atoms with E-state index in [-0.39, 0.29) is 28.6 Å². The molecule has 1 N–H and O–H groups in total. The van der Waals surface area contributed by atoms with Crippen molar-refractivity contribution in [3.8, 4) is 5.69 Å². The summed E-state index contributed by atoms with van der Waals surface area (Å²) in [6.07, 6.45) is 0. The number of nitrogens with zero attached hydrogens (tertiary/aromatic N) is 2. The molecule has 154 valence electrons. The number of carbonyl (C=O) groups is 2. The number of hydrogen-bond acceptors (Lipinski definition) is 4. The molecule has 0 spiro atoms. The van der Waals surface area contributed by atoms with Crippen molar-refractivity contribution in [3.05, 3.63) is 99.6 Å². The topological polar surface area (TPSA) is 73.1 Å². The summed E-state index contributed by atoms with van der Waals surface area (Å²) in [6.45, 7) is 1.42. The molecule has 0 aliphatic heterocycles. The SMILES string of the molecule is CC(=O)c1ccc(NC(=O)Cn2c(=S)n(-c3ccccc3)c(=O)c3ccccc32)cc1. The van der Waals surface area contributed by atoms with Crippen LogP contribution in [0.15, 0.2) is 83.7 Å². The molecule has 0 atom stereocenters. The molecular formula is C24H19N3O3S. The van der Waals surface area contributed by atoms with Crippen LogP contribution in [0.5, 0.6) is 0 Å². The predicted molar refractivity (Wildman–Crippen MR) is 123 cm³/mol. The second-order valence-corrected chi connectivity index (χ2v) is 7.41. The molecule has 1 amide bonds. The third-order valence-electron chi connectivity index (χ3n) is 4.94. The fraction of sp³-hybridized carbons (Fsp3) is 0.0833. The lowest BCUT2D eigenvalue weighted by atomic mass is 10.1. The fourth-order valence-corrected chi connectivity index (χ4v) is 3.76. The summed E-state index contributed by atoms with van der Waals surface area (Å²) in [7, 11) is 0. The second-order valence-electron chi connectivity index (χ2n) is 7.04. The van der Waals surface area contributed by atoms with Crippen molar-refractivity contribution in [2.75, 3.05) is 5.32 Å². The van der Waals surface area contributed by atoms with Gasteiger partial charge in [-0.25, -0.2) is 0 Å². The van der Waals surface area contributed by atoms with E-state index in [1.165, 1.54) is 11.5 Å². The van der Waals surface area contributed by atoms with Crippen LogP contribution in [0, 0.1) is 4.77 Å². The fourth-order valence-electron chi connectivity index (χ4n) is 3.41. The van der Waals surface area contributed by atoms with Crippen LogP contribution in [-0.4, -0.2) is 20.8 Å². The third-order valence-corrected chi connectivity index (χ3v) is 5.34. The Hall–Kier alpha value is -3.84. The van der Waals surface area contributed by atoms with E-state index in [2.05, 4.69) is 5.32 Å². The zero-order chi connectivity index (χ0) is 22.0. The quantitative estimate of drug-likeness (QED) is 0.378. The van der Waals surface area contributed by atoms with Gasteiger partial charge in [-0.15, -0.1) is 0 Å². The van der Waals surface area contributed by atoms with Crippen molar-refractivity contribution in [2.45, 2.75) is 13.5 Å². The first-order valence-electron chi connectivity index (χ1n) is 9.66. The van der Waals surface area contributed by atoms with Crippen molar-refractivity contribution in [1.82, 2.24) is 9.13 Å². The van der Waals surface area contributed by atoms with E-state index < -0.39 is 0 Å². The Morgan fingerprint density at radius 3 is 2.23 bits per heavy atom. The van der Waals surface area contributed by atoms with E-state index in [4.69, 9.17) is 12.2 Å². The zero-order valence-electron chi connectivity index (χ0n) is 16.7. The van der Waals surface area contributed by atoms with Gasteiger partial charge in [0.1, 0.15) is 6.54 Å². The van der Waals surface area contributed by atoms with Crippen molar-refractivity contribution in [1.29, 1.82) is 0 Å². The van der Waals surface area contributed by atoms with Gasteiger partial charge >= 0.3 is 0 Å². The molecule has 0 fully saturated rings. The van der Waals surface area contributed by atoms with Crippen molar-refractivity contribution in [2.24, 2.45) is 0 Å². The monoisotopic (exact) mass is 429 g/mol. The van der Waals surface area contributed by atoms with Crippen LogP contribution in [0.1, 0.15) is 17.3 Å². The van der Waals surface area contributed by atoms with Crippen LogP contribution >= 0.6 is 12.2 Å². The minimum absolute atomic E-state index is 0.0428. The van der Waals surface area contributed by atoms with Crippen LogP contribution in [0.3, 0.4) is 0 Å². The number of amides is 1. The standard InChI is InChI=1S/C24H19N3O3S/c1-16(28)17-11-13-18(14-12-17)25-22(29)15-26-21-10-6-5-9-20(21)23(30)27(24(26)31)19-7-3-2-4-8-19/h2-14H,15H2,1H3,(H,25,29). The molecule has 6 nitrogen and oxygen atoms in total. The number of carbonyl (C=O) groups excluding carboxylic acids is 2. The van der Waals surface area contributed by atoms with Crippen LogP contribution in [0.4, 0.5) is 5.69 Å². The Morgan fingerprint density at radius 2 is 1.55 bits per heavy atom. The molecule has 0 aliphatic rings. The molecule has 4 rings (SSSR count). The molecule has 1 aromatic heterocycles. The highest BCUT2D eigenvalue weighted by atomic mass is 32.1. The first-order valence-corrected chi connectivity index (χ1v) is 10.1. The summed E-state index contributed by atoms with van der Waals surface area (Å²) in [5, 5.41) is 3.29. The smallest absolute Gasteiger partial charge is 0.266 e. The summed E-state index contributed by atoms with van der Waals surface area (Å²) in [4.78, 5) is 37.3. The summed E-state index contributed by atoms with van der Waals surface area (Å²) in [5.74, 6) is -0.339. The summed E-state index contributed by atoms with van der Waals surface area (Å²) in [5.41, 5.74) is 2.13. The molecule has 7 heteroatoms. The average Bonchev–Trinajstić information content (AvgIpc) is 2.78. The minimum atomic E-state index is -0.296. The molecule has 0 saturated carbocycles. The second kappa shape index (κ2) is 8.49. The number of ketones is 1. The number of anilines is 1. The van der Waals surface area contributed by atoms with Gasteiger partial charge in [-0.1, -0.05) is 30.3 Å². The highest BCUT2D eigenvalue weighted by Gasteiger charge is 2.14. The Kier molecular flexibility index (Phi) is 5.60. The van der Waals surface area contributed by atoms with Crippen LogP contribution < -0.4 is 10.9 Å². The summed E-state index contributed by atoms with van der Waals surface area (Å²) in [6, 6.07) is 22.9. The Balaban J connectivity index is 1.75. The van der Waals surface area contributed by atoms with Crippen molar-refractivity contribution in [3.63, 3.8) is 0 Å². The maximum Gasteiger partial charge on any atom is 0.266 e. The van der Waals surface area contributed by atoms with Gasteiger partial charge in [0.2, 0.25) is 5.91 Å². The molecule has 0 saturated heterocycles. The number of rotatable bonds is 5. The maximum atomic E-state index is 13.1. The number of hydrogen-bond donors (Lipinski definition) is 1. The highest BCUT2D eigenvalue weighted by Crippen LogP contribution is 2.16. The number of fused-ring (bicyclic) bond motifs is 1. The summed E-state index contributed by atoms with van der Waals surface area (Å²) < 4.78 is 3.32. The van der Waals surface area contributed by atoms with E-state index in [1.807, 2.05) is 18.2 Å². The lowest BCUT2D eigenvalue weighted by molar-refractivity contribution is -0.116.